The Morgan fingerprint density at radius 3 is 2.59 bits per heavy atom. The molecule has 0 radical (unpaired) electrons. The van der Waals surface area contributed by atoms with E-state index in [2.05, 4.69) is 0 Å². The van der Waals surface area contributed by atoms with E-state index in [4.69, 9.17) is 14.6 Å². The van der Waals surface area contributed by atoms with Crippen LogP contribution in [0.4, 0.5) is 4.39 Å². The highest BCUT2D eigenvalue weighted by atomic mass is 19.1. The van der Waals surface area contributed by atoms with Crippen LogP contribution in [0.2, 0.25) is 0 Å². The minimum atomic E-state index is -0.264. The van der Waals surface area contributed by atoms with Crippen LogP contribution in [0.25, 0.3) is 0 Å². The second kappa shape index (κ2) is 8.36. The van der Waals surface area contributed by atoms with E-state index in [0.29, 0.717) is 31.2 Å². The van der Waals surface area contributed by atoms with E-state index in [9.17, 15) is 4.39 Å². The van der Waals surface area contributed by atoms with Crippen LogP contribution in [-0.4, -0.2) is 25.4 Å². The minimum absolute atomic E-state index is 0.135. The van der Waals surface area contributed by atoms with Gasteiger partial charge in [0.15, 0.2) is 11.5 Å². The lowest BCUT2D eigenvalue weighted by molar-refractivity contribution is -0.671. The molecule has 0 spiro atoms. The van der Waals surface area contributed by atoms with E-state index in [-0.39, 0.29) is 12.4 Å². The molecule has 0 aliphatic heterocycles. The summed E-state index contributed by atoms with van der Waals surface area (Å²) in [4.78, 5) is 0. The number of benzene rings is 2. The molecule has 0 aliphatic carbocycles. The number of aliphatic hydroxyl groups is 1. The third-order valence-electron chi connectivity index (χ3n) is 3.27. The molecule has 0 saturated carbocycles. The molecule has 0 aliphatic rings. The van der Waals surface area contributed by atoms with Crippen molar-refractivity contribution in [2.24, 2.45) is 0 Å². The molecular weight excluding hydrogens is 285 g/mol. The average molecular weight is 306 g/mol. The van der Waals surface area contributed by atoms with Gasteiger partial charge in [0.05, 0.1) is 25.8 Å². The molecule has 0 bridgehead atoms. The van der Waals surface area contributed by atoms with Crippen molar-refractivity contribution >= 4 is 0 Å². The van der Waals surface area contributed by atoms with Crippen LogP contribution in [0.15, 0.2) is 42.5 Å². The van der Waals surface area contributed by atoms with E-state index in [1.165, 1.54) is 12.1 Å². The van der Waals surface area contributed by atoms with Crippen LogP contribution >= 0.6 is 0 Å². The van der Waals surface area contributed by atoms with Gasteiger partial charge in [-0.3, -0.25) is 0 Å². The Hall–Kier alpha value is -2.11. The first kappa shape index (κ1) is 16.3. The lowest BCUT2D eigenvalue weighted by atomic mass is 10.1. The number of ether oxygens (including phenoxy) is 2. The molecule has 0 aromatic heterocycles. The Labute approximate surface area is 129 Å². The number of nitrogens with two attached hydrogens (primary N) is 1. The van der Waals surface area contributed by atoms with Gasteiger partial charge in [-0.25, -0.2) is 4.39 Å². The van der Waals surface area contributed by atoms with Gasteiger partial charge in [-0.15, -0.1) is 0 Å². The van der Waals surface area contributed by atoms with Crippen LogP contribution in [-0.2, 0) is 13.2 Å². The van der Waals surface area contributed by atoms with Crippen molar-refractivity contribution in [2.75, 3.05) is 20.3 Å². The maximum atomic E-state index is 12.9. The molecule has 4 nitrogen and oxygen atoms in total. The molecule has 0 heterocycles. The Bertz CT molecular complexity index is 587. The molecule has 118 valence electrons. The van der Waals surface area contributed by atoms with Crippen LogP contribution < -0.4 is 14.8 Å². The van der Waals surface area contributed by atoms with Crippen molar-refractivity contribution in [3.05, 3.63) is 59.4 Å². The van der Waals surface area contributed by atoms with E-state index < -0.39 is 0 Å². The first-order valence-corrected chi connectivity index (χ1v) is 7.20. The molecule has 2 rings (SSSR count). The van der Waals surface area contributed by atoms with Gasteiger partial charge in [-0.05, 0) is 29.8 Å². The van der Waals surface area contributed by atoms with Crippen molar-refractivity contribution < 1.29 is 24.3 Å². The van der Waals surface area contributed by atoms with Crippen molar-refractivity contribution in [1.82, 2.24) is 0 Å². The Kier molecular flexibility index (Phi) is 6.18. The number of rotatable bonds is 8. The van der Waals surface area contributed by atoms with Gasteiger partial charge in [0.2, 0.25) is 0 Å². The smallest absolute Gasteiger partial charge is 0.170 e. The molecule has 22 heavy (non-hydrogen) atoms. The molecule has 0 amide bonds. The van der Waals surface area contributed by atoms with Gasteiger partial charge in [-0.2, -0.15) is 0 Å². The zero-order valence-corrected chi connectivity index (χ0v) is 12.6. The summed E-state index contributed by atoms with van der Waals surface area (Å²) >= 11 is 0. The average Bonchev–Trinajstić information content (AvgIpc) is 2.55. The van der Waals surface area contributed by atoms with E-state index in [1.54, 1.807) is 19.2 Å². The lowest BCUT2D eigenvalue weighted by Gasteiger charge is -2.14. The molecule has 3 N–H and O–H groups in total. The fourth-order valence-electron chi connectivity index (χ4n) is 2.13. The quantitative estimate of drug-likeness (QED) is 0.726. The van der Waals surface area contributed by atoms with Gasteiger partial charge < -0.3 is 19.9 Å². The van der Waals surface area contributed by atoms with Gasteiger partial charge in [0.1, 0.15) is 19.0 Å². The maximum Gasteiger partial charge on any atom is 0.170 e. The molecular formula is C17H21FNO3+. The standard InChI is InChI=1S/C17H20FNO3/c1-21-16-4-2-3-14(11-19-9-10-20)17(16)22-12-13-5-7-15(18)8-6-13/h2-8,19-20H,9-12H2,1H3/p+1. The fraction of sp³-hybridized carbons (Fsp3) is 0.294. The summed E-state index contributed by atoms with van der Waals surface area (Å²) in [6, 6.07) is 11.9. The molecule has 2 aromatic carbocycles. The maximum absolute atomic E-state index is 12.9. The van der Waals surface area contributed by atoms with Crippen molar-refractivity contribution in [3.63, 3.8) is 0 Å². The minimum Gasteiger partial charge on any atom is -0.493 e. The molecule has 0 fully saturated rings. The van der Waals surface area contributed by atoms with Gasteiger partial charge in [-0.1, -0.05) is 18.2 Å². The van der Waals surface area contributed by atoms with Crippen LogP contribution in [0.3, 0.4) is 0 Å². The highest BCUT2D eigenvalue weighted by Gasteiger charge is 2.12. The highest BCUT2D eigenvalue weighted by molar-refractivity contribution is 5.46. The number of quaternary nitrogens is 1. The van der Waals surface area contributed by atoms with Crippen molar-refractivity contribution in [1.29, 1.82) is 0 Å². The SMILES string of the molecule is COc1cccc(C[NH2+]CCO)c1OCc1ccc(F)cc1. The van der Waals surface area contributed by atoms with Crippen LogP contribution in [0.1, 0.15) is 11.1 Å². The van der Waals surface area contributed by atoms with Gasteiger partial charge in [0, 0.05) is 0 Å². The summed E-state index contributed by atoms with van der Waals surface area (Å²) in [7, 11) is 1.60. The number of aliphatic hydroxyl groups excluding tert-OH is 1. The van der Waals surface area contributed by atoms with Gasteiger partial charge >= 0.3 is 0 Å². The summed E-state index contributed by atoms with van der Waals surface area (Å²) in [6.07, 6.45) is 0. The van der Waals surface area contributed by atoms with E-state index in [1.807, 2.05) is 23.5 Å². The van der Waals surface area contributed by atoms with Gasteiger partial charge in [0.25, 0.3) is 0 Å². The van der Waals surface area contributed by atoms with Crippen molar-refractivity contribution in [3.8, 4) is 11.5 Å². The highest BCUT2D eigenvalue weighted by Crippen LogP contribution is 2.31. The molecule has 0 saturated heterocycles. The Balaban J connectivity index is 2.11. The predicted octanol–water partition coefficient (Wildman–Crippen LogP) is 1.47. The normalized spacial score (nSPS) is 10.5. The zero-order valence-electron chi connectivity index (χ0n) is 12.6. The summed E-state index contributed by atoms with van der Waals surface area (Å²) in [5.74, 6) is 1.08. The Morgan fingerprint density at radius 1 is 1.14 bits per heavy atom. The number of hydrogen-bond acceptors (Lipinski definition) is 3. The predicted molar refractivity (Wildman–Crippen MR) is 81.3 cm³/mol. The van der Waals surface area contributed by atoms with Crippen LogP contribution in [0, 0.1) is 5.82 Å². The number of hydrogen-bond donors (Lipinski definition) is 2. The molecule has 0 atom stereocenters. The lowest BCUT2D eigenvalue weighted by Crippen LogP contribution is -2.83. The monoisotopic (exact) mass is 306 g/mol. The largest absolute Gasteiger partial charge is 0.493 e. The topological polar surface area (TPSA) is 55.3 Å². The Morgan fingerprint density at radius 2 is 1.91 bits per heavy atom. The summed E-state index contributed by atoms with van der Waals surface area (Å²) in [5, 5.41) is 10.9. The first-order valence-electron chi connectivity index (χ1n) is 7.20. The van der Waals surface area contributed by atoms with Crippen molar-refractivity contribution in [2.45, 2.75) is 13.2 Å². The summed E-state index contributed by atoms with van der Waals surface area (Å²) < 4.78 is 24.2. The number of methoxy groups -OCH3 is 1. The third-order valence-corrected chi connectivity index (χ3v) is 3.27. The van der Waals surface area contributed by atoms with E-state index >= 15 is 0 Å². The first-order chi connectivity index (χ1) is 10.7. The van der Waals surface area contributed by atoms with E-state index in [0.717, 1.165) is 11.1 Å². The second-order valence-electron chi connectivity index (χ2n) is 4.87. The fourth-order valence-corrected chi connectivity index (χ4v) is 2.13. The molecule has 0 unspecified atom stereocenters. The van der Waals surface area contributed by atoms with Crippen LogP contribution in [0.5, 0.6) is 11.5 Å². The molecule has 5 heteroatoms. The second-order valence-corrected chi connectivity index (χ2v) is 4.87. The number of para-hydroxylation sites is 1. The number of halogens is 1. The summed E-state index contributed by atoms with van der Waals surface area (Å²) in [6.45, 7) is 1.80. The zero-order chi connectivity index (χ0) is 15.8. The summed E-state index contributed by atoms with van der Waals surface area (Å²) in [5.41, 5.74) is 1.88. The third kappa shape index (κ3) is 4.44. The molecule has 2 aromatic rings.